The van der Waals surface area contributed by atoms with Crippen LogP contribution in [0.1, 0.15) is 16.7 Å². The van der Waals surface area contributed by atoms with Gasteiger partial charge in [0.1, 0.15) is 0 Å². The molecule has 2 aromatic rings. The van der Waals surface area contributed by atoms with Crippen LogP contribution in [0.25, 0.3) is 0 Å². The van der Waals surface area contributed by atoms with Crippen LogP contribution in [0.2, 0.25) is 5.02 Å². The molecule has 0 spiro atoms. The van der Waals surface area contributed by atoms with Gasteiger partial charge >= 0.3 is 6.03 Å². The summed E-state index contributed by atoms with van der Waals surface area (Å²) in [5, 5.41) is 3.63. The number of nitrogens with one attached hydrogen (secondary N) is 1. The number of fused-ring (bicyclic) bond motifs is 1. The summed E-state index contributed by atoms with van der Waals surface area (Å²) in [6.45, 7) is 1.88. The molecule has 1 aliphatic heterocycles. The number of amides is 2. The first-order valence-corrected chi connectivity index (χ1v) is 7.45. The van der Waals surface area contributed by atoms with Gasteiger partial charge in [-0.15, -0.1) is 0 Å². The van der Waals surface area contributed by atoms with Gasteiger partial charge in [-0.1, -0.05) is 54.1 Å². The van der Waals surface area contributed by atoms with Crippen molar-refractivity contribution >= 4 is 17.6 Å². The molecule has 0 saturated heterocycles. The molecule has 0 unspecified atom stereocenters. The molecule has 0 radical (unpaired) electrons. The third-order valence-electron chi connectivity index (χ3n) is 3.81. The van der Waals surface area contributed by atoms with E-state index in [0.717, 1.165) is 18.5 Å². The zero-order chi connectivity index (χ0) is 14.7. The number of carbonyl (C=O) groups excluding carboxylic acids is 1. The Labute approximate surface area is 129 Å². The van der Waals surface area contributed by atoms with E-state index in [-0.39, 0.29) is 6.03 Å². The van der Waals surface area contributed by atoms with Gasteiger partial charge in [0.2, 0.25) is 0 Å². The first kappa shape index (κ1) is 14.0. The largest absolute Gasteiger partial charge is 0.334 e. The predicted molar refractivity (Wildman–Crippen MR) is 84.2 cm³/mol. The minimum Gasteiger partial charge on any atom is -0.334 e. The molecule has 0 aliphatic carbocycles. The minimum atomic E-state index is -0.0376. The Bertz CT molecular complexity index is 657. The molecular weight excluding hydrogens is 284 g/mol. The van der Waals surface area contributed by atoms with Gasteiger partial charge in [-0.05, 0) is 29.2 Å². The van der Waals surface area contributed by atoms with E-state index in [4.69, 9.17) is 11.6 Å². The Kier molecular flexibility index (Phi) is 4.11. The normalized spacial score (nSPS) is 13.7. The fraction of sp³-hybridized carbons (Fsp3) is 0.235. The lowest BCUT2D eigenvalue weighted by Gasteiger charge is -2.29. The Balaban J connectivity index is 1.61. The van der Waals surface area contributed by atoms with E-state index in [0.29, 0.717) is 18.1 Å². The lowest BCUT2D eigenvalue weighted by molar-refractivity contribution is 0.192. The highest BCUT2D eigenvalue weighted by Crippen LogP contribution is 2.19. The lowest BCUT2D eigenvalue weighted by atomic mass is 10.0. The number of benzene rings is 2. The summed E-state index contributed by atoms with van der Waals surface area (Å²) in [7, 11) is 0. The Morgan fingerprint density at radius 3 is 2.62 bits per heavy atom. The molecule has 0 saturated carbocycles. The van der Waals surface area contributed by atoms with Gasteiger partial charge in [0, 0.05) is 24.7 Å². The van der Waals surface area contributed by atoms with Crippen LogP contribution >= 0.6 is 11.6 Å². The van der Waals surface area contributed by atoms with Gasteiger partial charge in [-0.2, -0.15) is 0 Å². The van der Waals surface area contributed by atoms with Crippen molar-refractivity contribution in [2.24, 2.45) is 0 Å². The first-order chi connectivity index (χ1) is 10.2. The molecular formula is C17H17ClN2O. The first-order valence-electron chi connectivity index (χ1n) is 7.07. The molecule has 0 aromatic heterocycles. The van der Waals surface area contributed by atoms with Gasteiger partial charge in [0.05, 0.1) is 0 Å². The van der Waals surface area contributed by atoms with Crippen molar-refractivity contribution in [1.82, 2.24) is 10.2 Å². The number of carbonyl (C=O) groups is 1. The average Bonchev–Trinajstić information content (AvgIpc) is 2.53. The summed E-state index contributed by atoms with van der Waals surface area (Å²) in [6.07, 6.45) is 0.912. The van der Waals surface area contributed by atoms with Crippen molar-refractivity contribution in [3.05, 3.63) is 70.2 Å². The maximum Gasteiger partial charge on any atom is 0.317 e. The van der Waals surface area contributed by atoms with Crippen molar-refractivity contribution in [3.8, 4) is 0 Å². The van der Waals surface area contributed by atoms with E-state index < -0.39 is 0 Å². The van der Waals surface area contributed by atoms with Crippen LogP contribution in [-0.2, 0) is 19.5 Å². The van der Waals surface area contributed by atoms with E-state index in [9.17, 15) is 4.79 Å². The topological polar surface area (TPSA) is 32.3 Å². The molecule has 4 heteroatoms. The second-order valence-corrected chi connectivity index (χ2v) is 5.60. The monoisotopic (exact) mass is 300 g/mol. The molecule has 3 nitrogen and oxygen atoms in total. The van der Waals surface area contributed by atoms with Crippen LogP contribution in [0.5, 0.6) is 0 Å². The molecule has 0 fully saturated rings. The predicted octanol–water partition coefficient (Wildman–Crippen LogP) is 3.61. The molecule has 2 aromatic carbocycles. The highest BCUT2D eigenvalue weighted by Gasteiger charge is 2.19. The quantitative estimate of drug-likeness (QED) is 0.903. The van der Waals surface area contributed by atoms with Crippen molar-refractivity contribution in [2.75, 3.05) is 6.54 Å². The summed E-state index contributed by atoms with van der Waals surface area (Å²) in [6, 6.07) is 15.8. The van der Waals surface area contributed by atoms with Crippen molar-refractivity contribution in [1.29, 1.82) is 0 Å². The van der Waals surface area contributed by atoms with E-state index in [1.54, 1.807) is 0 Å². The standard InChI is InChI=1S/C17H17ClN2O/c18-16-8-4-3-6-14(16)11-19-17(21)20-10-9-13-5-1-2-7-15(13)12-20/h1-8H,9-12H2,(H,19,21). The van der Waals surface area contributed by atoms with Crippen LogP contribution in [0.15, 0.2) is 48.5 Å². The van der Waals surface area contributed by atoms with Gasteiger partial charge < -0.3 is 10.2 Å². The molecule has 1 aliphatic rings. The van der Waals surface area contributed by atoms with Crippen LogP contribution in [0.3, 0.4) is 0 Å². The Hall–Kier alpha value is -2.00. The van der Waals surface area contributed by atoms with E-state index in [1.165, 1.54) is 11.1 Å². The highest BCUT2D eigenvalue weighted by molar-refractivity contribution is 6.31. The van der Waals surface area contributed by atoms with Crippen molar-refractivity contribution in [2.45, 2.75) is 19.5 Å². The van der Waals surface area contributed by atoms with Crippen molar-refractivity contribution < 1.29 is 4.79 Å². The Morgan fingerprint density at radius 1 is 1.10 bits per heavy atom. The van der Waals surface area contributed by atoms with E-state index >= 15 is 0 Å². The van der Waals surface area contributed by atoms with Crippen LogP contribution < -0.4 is 5.32 Å². The van der Waals surface area contributed by atoms with E-state index in [1.807, 2.05) is 41.3 Å². The molecule has 0 atom stereocenters. The summed E-state index contributed by atoms with van der Waals surface area (Å²) < 4.78 is 0. The fourth-order valence-corrected chi connectivity index (χ4v) is 2.80. The van der Waals surface area contributed by atoms with Crippen LogP contribution in [-0.4, -0.2) is 17.5 Å². The second-order valence-electron chi connectivity index (χ2n) is 5.19. The third kappa shape index (κ3) is 3.19. The Morgan fingerprint density at radius 2 is 1.81 bits per heavy atom. The smallest absolute Gasteiger partial charge is 0.317 e. The minimum absolute atomic E-state index is 0.0376. The van der Waals surface area contributed by atoms with Crippen LogP contribution in [0.4, 0.5) is 4.79 Å². The van der Waals surface area contributed by atoms with Gasteiger partial charge in [0.15, 0.2) is 0 Å². The summed E-state index contributed by atoms with van der Waals surface area (Å²) in [5.41, 5.74) is 3.51. The number of nitrogens with zero attached hydrogens (tertiary/aromatic N) is 1. The van der Waals surface area contributed by atoms with Gasteiger partial charge in [-0.3, -0.25) is 0 Å². The lowest BCUT2D eigenvalue weighted by Crippen LogP contribution is -2.42. The van der Waals surface area contributed by atoms with E-state index in [2.05, 4.69) is 17.4 Å². The number of halogens is 1. The van der Waals surface area contributed by atoms with Gasteiger partial charge in [0.25, 0.3) is 0 Å². The van der Waals surface area contributed by atoms with Crippen molar-refractivity contribution in [3.63, 3.8) is 0 Å². The number of urea groups is 1. The third-order valence-corrected chi connectivity index (χ3v) is 4.17. The number of hydrogen-bond donors (Lipinski definition) is 1. The van der Waals surface area contributed by atoms with Crippen LogP contribution in [0, 0.1) is 0 Å². The number of rotatable bonds is 2. The molecule has 3 rings (SSSR count). The molecule has 2 amide bonds. The van der Waals surface area contributed by atoms with Gasteiger partial charge in [-0.25, -0.2) is 4.79 Å². The second kappa shape index (κ2) is 6.19. The molecule has 21 heavy (non-hydrogen) atoms. The average molecular weight is 301 g/mol. The summed E-state index contributed by atoms with van der Waals surface area (Å²) in [5.74, 6) is 0. The zero-order valence-corrected chi connectivity index (χ0v) is 12.4. The molecule has 1 heterocycles. The molecule has 1 N–H and O–H groups in total. The molecule has 0 bridgehead atoms. The maximum atomic E-state index is 12.3. The SMILES string of the molecule is O=C(NCc1ccccc1Cl)N1CCc2ccccc2C1. The zero-order valence-electron chi connectivity index (χ0n) is 11.7. The fourth-order valence-electron chi connectivity index (χ4n) is 2.59. The maximum absolute atomic E-state index is 12.3. The highest BCUT2D eigenvalue weighted by atomic mass is 35.5. The summed E-state index contributed by atoms with van der Waals surface area (Å²) in [4.78, 5) is 14.1. The summed E-state index contributed by atoms with van der Waals surface area (Å²) >= 11 is 6.10. The number of hydrogen-bond acceptors (Lipinski definition) is 1. The molecule has 108 valence electrons.